The lowest BCUT2D eigenvalue weighted by atomic mass is 10.1. The molecule has 0 aliphatic rings. The van der Waals surface area contributed by atoms with Crippen LogP contribution >= 0.6 is 27.3 Å². The first kappa shape index (κ1) is 14.0. The van der Waals surface area contributed by atoms with Crippen molar-refractivity contribution in [2.75, 3.05) is 0 Å². The van der Waals surface area contributed by atoms with Gasteiger partial charge in [0, 0.05) is 16.9 Å². The molecule has 98 valence electrons. The summed E-state index contributed by atoms with van der Waals surface area (Å²) < 4.78 is 0.821. The Morgan fingerprint density at radius 3 is 2.79 bits per heavy atom. The number of amides is 1. The fourth-order valence-electron chi connectivity index (χ4n) is 1.72. The number of nitrogens with one attached hydrogen (secondary N) is 1. The van der Waals surface area contributed by atoms with Gasteiger partial charge in [0.25, 0.3) is 5.91 Å². The molecule has 1 atom stereocenters. The number of hydrogen-bond donors (Lipinski definition) is 1. The van der Waals surface area contributed by atoms with Gasteiger partial charge < -0.3 is 5.32 Å². The highest BCUT2D eigenvalue weighted by molar-refractivity contribution is 9.10. The summed E-state index contributed by atoms with van der Waals surface area (Å²) in [7, 11) is 0. The molecule has 0 aromatic carbocycles. The lowest BCUT2D eigenvalue weighted by Gasteiger charge is -2.17. The van der Waals surface area contributed by atoms with Crippen LogP contribution in [-0.2, 0) is 0 Å². The number of hydrogen-bond acceptors (Lipinski definition) is 3. The zero-order valence-electron chi connectivity index (χ0n) is 10.2. The molecule has 1 amide bonds. The van der Waals surface area contributed by atoms with Crippen LogP contribution in [0.2, 0.25) is 0 Å². The van der Waals surface area contributed by atoms with E-state index in [0.717, 1.165) is 10.0 Å². The van der Waals surface area contributed by atoms with Gasteiger partial charge >= 0.3 is 0 Å². The molecule has 0 saturated heterocycles. The molecule has 0 bridgehead atoms. The maximum Gasteiger partial charge on any atom is 0.263 e. The predicted molar refractivity (Wildman–Crippen MR) is 81.3 cm³/mol. The van der Waals surface area contributed by atoms with Crippen molar-refractivity contribution in [1.82, 2.24) is 10.3 Å². The summed E-state index contributed by atoms with van der Waals surface area (Å²) in [6.45, 7) is 3.74. The quantitative estimate of drug-likeness (QED) is 0.840. The zero-order valence-corrected chi connectivity index (χ0v) is 12.6. The van der Waals surface area contributed by atoms with Crippen molar-refractivity contribution < 1.29 is 4.79 Å². The fraction of sp³-hybridized carbons (Fsp3) is 0.143. The highest BCUT2D eigenvalue weighted by Gasteiger charge is 2.17. The van der Waals surface area contributed by atoms with Gasteiger partial charge in [0.05, 0.1) is 6.04 Å². The monoisotopic (exact) mass is 336 g/mol. The van der Waals surface area contributed by atoms with Gasteiger partial charge in [-0.25, -0.2) is 0 Å². The number of thiophene rings is 1. The molecule has 2 heterocycles. The van der Waals surface area contributed by atoms with Crippen LogP contribution in [0.25, 0.3) is 0 Å². The topological polar surface area (TPSA) is 42.0 Å². The maximum absolute atomic E-state index is 12.2. The van der Waals surface area contributed by atoms with Gasteiger partial charge in [-0.1, -0.05) is 6.08 Å². The zero-order chi connectivity index (χ0) is 13.7. The average molecular weight is 337 g/mol. The Kier molecular flexibility index (Phi) is 4.87. The largest absolute Gasteiger partial charge is 0.344 e. The van der Waals surface area contributed by atoms with E-state index >= 15 is 0 Å². The second-order valence-corrected chi connectivity index (χ2v) is 5.70. The second-order valence-electron chi connectivity index (χ2n) is 3.93. The number of rotatable bonds is 5. The minimum atomic E-state index is -0.0815. The third-order valence-corrected chi connectivity index (χ3v) is 4.48. The molecular formula is C14H13BrN2OS. The Hall–Kier alpha value is -1.46. The van der Waals surface area contributed by atoms with Crippen LogP contribution in [0.3, 0.4) is 0 Å². The molecule has 0 radical (unpaired) electrons. The molecule has 5 heteroatoms. The summed E-state index contributed by atoms with van der Waals surface area (Å²) >= 11 is 4.79. The van der Waals surface area contributed by atoms with Crippen LogP contribution in [0.5, 0.6) is 0 Å². The van der Waals surface area contributed by atoms with Gasteiger partial charge in [0.1, 0.15) is 4.88 Å². The van der Waals surface area contributed by atoms with Gasteiger partial charge in [0.15, 0.2) is 0 Å². The van der Waals surface area contributed by atoms with Crippen molar-refractivity contribution >= 4 is 33.2 Å². The molecule has 0 saturated carbocycles. The average Bonchev–Trinajstić information content (AvgIpc) is 2.85. The Morgan fingerprint density at radius 2 is 2.21 bits per heavy atom. The summed E-state index contributed by atoms with van der Waals surface area (Å²) in [5.74, 6) is -0.0782. The first-order valence-corrected chi connectivity index (χ1v) is 7.44. The van der Waals surface area contributed by atoms with Crippen molar-refractivity contribution in [2.24, 2.45) is 0 Å². The normalized spacial score (nSPS) is 11.8. The van der Waals surface area contributed by atoms with Gasteiger partial charge in [-0.05, 0) is 51.5 Å². The van der Waals surface area contributed by atoms with Crippen molar-refractivity contribution in [2.45, 2.75) is 12.5 Å². The third-order valence-electron chi connectivity index (χ3n) is 2.64. The summed E-state index contributed by atoms with van der Waals surface area (Å²) in [5.41, 5.74) is 1.02. The molecule has 0 unspecified atom stereocenters. The van der Waals surface area contributed by atoms with Gasteiger partial charge in [0.2, 0.25) is 0 Å². The molecular weight excluding hydrogens is 324 g/mol. The van der Waals surface area contributed by atoms with E-state index in [1.54, 1.807) is 18.5 Å². The molecule has 0 aliphatic heterocycles. The molecule has 19 heavy (non-hydrogen) atoms. The van der Waals surface area contributed by atoms with Crippen LogP contribution in [0.1, 0.15) is 27.7 Å². The Morgan fingerprint density at radius 1 is 1.47 bits per heavy atom. The maximum atomic E-state index is 12.2. The molecule has 0 fully saturated rings. The Labute approximate surface area is 124 Å². The van der Waals surface area contributed by atoms with Crippen LogP contribution in [-0.4, -0.2) is 10.9 Å². The van der Waals surface area contributed by atoms with E-state index in [4.69, 9.17) is 0 Å². The first-order valence-electron chi connectivity index (χ1n) is 5.77. The lowest BCUT2D eigenvalue weighted by Crippen LogP contribution is -2.27. The SMILES string of the molecule is C=CC[C@@H](NC(=O)c1sccc1Br)c1ccncc1. The van der Waals surface area contributed by atoms with E-state index in [2.05, 4.69) is 32.8 Å². The summed E-state index contributed by atoms with van der Waals surface area (Å²) in [5, 5.41) is 4.90. The molecule has 3 nitrogen and oxygen atoms in total. The van der Waals surface area contributed by atoms with Crippen LogP contribution < -0.4 is 5.32 Å². The number of halogens is 1. The van der Waals surface area contributed by atoms with Crippen LogP contribution in [0, 0.1) is 0 Å². The van der Waals surface area contributed by atoms with E-state index in [1.807, 2.05) is 23.6 Å². The van der Waals surface area contributed by atoms with E-state index in [9.17, 15) is 4.79 Å². The Bertz CT molecular complexity index is 568. The van der Waals surface area contributed by atoms with Gasteiger partial charge in [-0.3, -0.25) is 9.78 Å². The summed E-state index contributed by atoms with van der Waals surface area (Å²) in [6.07, 6.45) is 5.92. The van der Waals surface area contributed by atoms with Crippen molar-refractivity contribution in [3.8, 4) is 0 Å². The predicted octanol–water partition coefficient (Wildman–Crippen LogP) is 3.95. The summed E-state index contributed by atoms with van der Waals surface area (Å²) in [4.78, 5) is 16.9. The molecule has 2 aromatic heterocycles. The number of aromatic nitrogens is 1. The van der Waals surface area contributed by atoms with Crippen molar-refractivity contribution in [1.29, 1.82) is 0 Å². The van der Waals surface area contributed by atoms with E-state index in [-0.39, 0.29) is 11.9 Å². The lowest BCUT2D eigenvalue weighted by molar-refractivity contribution is 0.0940. The molecule has 0 spiro atoms. The van der Waals surface area contributed by atoms with E-state index in [0.29, 0.717) is 11.3 Å². The molecule has 2 rings (SSSR count). The van der Waals surface area contributed by atoms with Crippen molar-refractivity contribution in [3.05, 3.63) is 63.5 Å². The number of nitrogens with zero attached hydrogens (tertiary/aromatic N) is 1. The van der Waals surface area contributed by atoms with Crippen LogP contribution in [0.15, 0.2) is 53.1 Å². The second kappa shape index (κ2) is 6.63. The van der Waals surface area contributed by atoms with Gasteiger partial charge in [-0.2, -0.15) is 0 Å². The van der Waals surface area contributed by atoms with E-state index in [1.165, 1.54) is 11.3 Å². The van der Waals surface area contributed by atoms with Crippen molar-refractivity contribution in [3.63, 3.8) is 0 Å². The number of pyridine rings is 1. The number of carbonyl (C=O) groups excluding carboxylic acids is 1. The smallest absolute Gasteiger partial charge is 0.263 e. The minimum Gasteiger partial charge on any atom is -0.344 e. The standard InChI is InChI=1S/C14H13BrN2OS/c1-2-3-12(10-4-7-16-8-5-10)17-14(18)13-11(15)6-9-19-13/h2,4-9,12H,1,3H2,(H,17,18)/t12-/m1/s1. The fourth-order valence-corrected chi connectivity index (χ4v) is 3.17. The molecule has 1 N–H and O–H groups in total. The molecule has 2 aromatic rings. The highest BCUT2D eigenvalue weighted by atomic mass is 79.9. The summed E-state index contributed by atoms with van der Waals surface area (Å²) in [6, 6.07) is 5.59. The number of carbonyl (C=O) groups is 1. The third kappa shape index (κ3) is 3.52. The molecule has 0 aliphatic carbocycles. The first-order chi connectivity index (χ1) is 9.22. The highest BCUT2D eigenvalue weighted by Crippen LogP contribution is 2.24. The van der Waals surface area contributed by atoms with E-state index < -0.39 is 0 Å². The minimum absolute atomic E-state index is 0.0782. The Balaban J connectivity index is 2.16. The van der Waals surface area contributed by atoms with Crippen LogP contribution in [0.4, 0.5) is 0 Å². The van der Waals surface area contributed by atoms with Gasteiger partial charge in [-0.15, -0.1) is 17.9 Å².